The van der Waals surface area contributed by atoms with Crippen LogP contribution in [0.1, 0.15) is 12.0 Å². The maximum absolute atomic E-state index is 11.9. The summed E-state index contributed by atoms with van der Waals surface area (Å²) in [5, 5.41) is 5.70. The molecule has 0 aliphatic heterocycles. The van der Waals surface area contributed by atoms with Gasteiger partial charge in [-0.2, -0.15) is 0 Å². The fraction of sp³-hybridized carbons (Fsp3) is 0.286. The van der Waals surface area contributed by atoms with E-state index < -0.39 is 0 Å². The molecule has 27 heavy (non-hydrogen) atoms. The number of carbonyl (C=O) groups excluding carboxylic acids is 1. The summed E-state index contributed by atoms with van der Waals surface area (Å²) in [6.07, 6.45) is 6.13. The summed E-state index contributed by atoms with van der Waals surface area (Å²) >= 11 is 1.78. The average Bonchev–Trinajstić information content (AvgIpc) is 2.71. The van der Waals surface area contributed by atoms with E-state index in [1.54, 1.807) is 24.9 Å². The molecule has 0 aliphatic carbocycles. The van der Waals surface area contributed by atoms with Crippen LogP contribution in [0.5, 0.6) is 11.5 Å². The Morgan fingerprint density at radius 3 is 2.70 bits per heavy atom. The van der Waals surface area contributed by atoms with Crippen molar-refractivity contribution in [3.05, 3.63) is 54.1 Å². The first-order valence-electron chi connectivity index (χ1n) is 8.65. The lowest BCUT2D eigenvalue weighted by molar-refractivity contribution is 0.240. The van der Waals surface area contributed by atoms with E-state index >= 15 is 0 Å². The lowest BCUT2D eigenvalue weighted by atomic mass is 10.2. The first-order chi connectivity index (χ1) is 13.2. The summed E-state index contributed by atoms with van der Waals surface area (Å²) in [5.41, 5.74) is 0.901. The number of carbonyl (C=O) groups is 1. The van der Waals surface area contributed by atoms with Gasteiger partial charge in [0.1, 0.15) is 6.61 Å². The maximum atomic E-state index is 11.9. The summed E-state index contributed by atoms with van der Waals surface area (Å²) < 4.78 is 10.7. The van der Waals surface area contributed by atoms with Gasteiger partial charge in [0.25, 0.3) is 0 Å². The van der Waals surface area contributed by atoms with Gasteiger partial charge in [0.2, 0.25) is 0 Å². The molecule has 0 fully saturated rings. The second-order valence-electron chi connectivity index (χ2n) is 5.60. The molecule has 0 atom stereocenters. The van der Waals surface area contributed by atoms with Crippen LogP contribution in [0.3, 0.4) is 0 Å². The second-order valence-corrected chi connectivity index (χ2v) is 6.77. The van der Waals surface area contributed by atoms with E-state index in [-0.39, 0.29) is 12.6 Å². The van der Waals surface area contributed by atoms with Crippen LogP contribution in [0.25, 0.3) is 0 Å². The van der Waals surface area contributed by atoms with Gasteiger partial charge >= 0.3 is 6.03 Å². The largest absolute Gasteiger partial charge is 0.493 e. The number of terminal acetylenes is 1. The zero-order valence-electron chi connectivity index (χ0n) is 15.4. The Kier molecular flexibility index (Phi) is 8.94. The second kappa shape index (κ2) is 11.8. The molecule has 2 amide bonds. The van der Waals surface area contributed by atoms with Crippen molar-refractivity contribution in [2.45, 2.75) is 17.9 Å². The van der Waals surface area contributed by atoms with E-state index in [0.717, 1.165) is 17.7 Å². The minimum Gasteiger partial charge on any atom is -0.493 e. The standard InChI is InChI=1S/C21H24N2O3S/c1-3-13-26-20-15-17(10-11-19(20)25-2)16-23-21(24)22-12-7-14-27-18-8-5-4-6-9-18/h1,4-6,8-11,15H,7,12-14,16H2,2H3,(H2,22,23,24). The Morgan fingerprint density at radius 2 is 1.96 bits per heavy atom. The Balaban J connectivity index is 1.68. The normalized spacial score (nSPS) is 9.93. The minimum atomic E-state index is -0.193. The van der Waals surface area contributed by atoms with Crippen molar-refractivity contribution in [3.63, 3.8) is 0 Å². The van der Waals surface area contributed by atoms with E-state index in [4.69, 9.17) is 15.9 Å². The number of amides is 2. The molecule has 2 N–H and O–H groups in total. The molecule has 6 heteroatoms. The quantitative estimate of drug-likeness (QED) is 0.373. The van der Waals surface area contributed by atoms with Crippen LogP contribution >= 0.6 is 11.8 Å². The molecule has 142 valence electrons. The topological polar surface area (TPSA) is 59.6 Å². The summed E-state index contributed by atoms with van der Waals surface area (Å²) in [6.45, 7) is 1.18. The average molecular weight is 385 g/mol. The maximum Gasteiger partial charge on any atom is 0.315 e. The van der Waals surface area contributed by atoms with Gasteiger partial charge in [-0.1, -0.05) is 30.2 Å². The van der Waals surface area contributed by atoms with Gasteiger partial charge in [-0.25, -0.2) is 4.79 Å². The monoisotopic (exact) mass is 384 g/mol. The van der Waals surface area contributed by atoms with Crippen LogP contribution in [0.2, 0.25) is 0 Å². The number of thioether (sulfide) groups is 1. The van der Waals surface area contributed by atoms with E-state index in [2.05, 4.69) is 28.7 Å². The summed E-state index contributed by atoms with van der Waals surface area (Å²) in [7, 11) is 1.57. The zero-order chi connectivity index (χ0) is 19.3. The molecule has 0 bridgehead atoms. The van der Waals surface area contributed by atoms with Gasteiger partial charge in [0.05, 0.1) is 7.11 Å². The zero-order valence-corrected chi connectivity index (χ0v) is 16.2. The molecule has 0 spiro atoms. The number of urea groups is 1. The fourth-order valence-electron chi connectivity index (χ4n) is 2.29. The number of benzene rings is 2. The predicted octanol–water partition coefficient (Wildman–Crippen LogP) is 3.69. The van der Waals surface area contributed by atoms with Crippen molar-refractivity contribution in [3.8, 4) is 23.8 Å². The number of hydrogen-bond donors (Lipinski definition) is 2. The van der Waals surface area contributed by atoms with Crippen LogP contribution in [0.4, 0.5) is 4.79 Å². The lowest BCUT2D eigenvalue weighted by Crippen LogP contribution is -2.35. The molecule has 0 unspecified atom stereocenters. The molecule has 0 radical (unpaired) electrons. The Labute approximate surface area is 164 Å². The molecule has 2 aromatic rings. The third-order valence-corrected chi connectivity index (χ3v) is 4.71. The van der Waals surface area contributed by atoms with Crippen LogP contribution in [0.15, 0.2) is 53.4 Å². The van der Waals surface area contributed by atoms with Gasteiger partial charge < -0.3 is 20.1 Å². The van der Waals surface area contributed by atoms with Crippen molar-refractivity contribution in [2.75, 3.05) is 26.0 Å². The van der Waals surface area contributed by atoms with E-state index in [1.165, 1.54) is 4.90 Å². The van der Waals surface area contributed by atoms with E-state index in [0.29, 0.717) is 24.6 Å². The number of ether oxygens (including phenoxy) is 2. The number of methoxy groups -OCH3 is 1. The molecule has 0 saturated carbocycles. The highest BCUT2D eigenvalue weighted by Crippen LogP contribution is 2.27. The van der Waals surface area contributed by atoms with Gasteiger partial charge in [0, 0.05) is 18.0 Å². The van der Waals surface area contributed by atoms with Crippen LogP contribution in [-0.4, -0.2) is 32.0 Å². The van der Waals surface area contributed by atoms with Crippen molar-refractivity contribution in [1.29, 1.82) is 0 Å². The highest BCUT2D eigenvalue weighted by Gasteiger charge is 2.07. The first-order valence-corrected chi connectivity index (χ1v) is 9.64. The van der Waals surface area contributed by atoms with Crippen LogP contribution in [-0.2, 0) is 6.54 Å². The minimum absolute atomic E-state index is 0.161. The molecule has 2 rings (SSSR count). The fourth-order valence-corrected chi connectivity index (χ4v) is 3.16. The smallest absolute Gasteiger partial charge is 0.315 e. The van der Waals surface area contributed by atoms with E-state index in [1.807, 2.05) is 30.3 Å². The number of hydrogen-bond acceptors (Lipinski definition) is 4. The Morgan fingerprint density at radius 1 is 1.15 bits per heavy atom. The molecule has 0 aromatic heterocycles. The molecule has 5 nitrogen and oxygen atoms in total. The molecule has 0 saturated heterocycles. The first kappa shape index (κ1) is 20.5. The third-order valence-electron chi connectivity index (χ3n) is 3.61. The van der Waals surface area contributed by atoms with Gasteiger partial charge in [0.15, 0.2) is 11.5 Å². The molecule has 0 heterocycles. The van der Waals surface area contributed by atoms with Crippen LogP contribution in [0, 0.1) is 12.3 Å². The van der Waals surface area contributed by atoms with Crippen molar-refractivity contribution < 1.29 is 14.3 Å². The van der Waals surface area contributed by atoms with Crippen LogP contribution < -0.4 is 20.1 Å². The summed E-state index contributed by atoms with van der Waals surface area (Å²) in [4.78, 5) is 13.2. The third kappa shape index (κ3) is 7.55. The number of nitrogens with one attached hydrogen (secondary N) is 2. The lowest BCUT2D eigenvalue weighted by Gasteiger charge is -2.12. The van der Waals surface area contributed by atoms with Gasteiger partial charge in [-0.05, 0) is 42.0 Å². The molecule has 0 aliphatic rings. The Bertz CT molecular complexity index is 760. The molecular weight excluding hydrogens is 360 g/mol. The Hall–Kier alpha value is -2.78. The summed E-state index contributed by atoms with van der Waals surface area (Å²) in [6, 6.07) is 15.5. The SMILES string of the molecule is C#CCOc1cc(CNC(=O)NCCCSc2ccccc2)ccc1OC. The molecule has 2 aromatic carbocycles. The number of rotatable bonds is 10. The highest BCUT2D eigenvalue weighted by molar-refractivity contribution is 7.99. The van der Waals surface area contributed by atoms with E-state index in [9.17, 15) is 4.79 Å². The van der Waals surface area contributed by atoms with Crippen molar-refractivity contribution >= 4 is 17.8 Å². The van der Waals surface area contributed by atoms with Gasteiger partial charge in [-0.3, -0.25) is 0 Å². The predicted molar refractivity (Wildman–Crippen MR) is 109 cm³/mol. The van der Waals surface area contributed by atoms with Crippen molar-refractivity contribution in [2.24, 2.45) is 0 Å². The van der Waals surface area contributed by atoms with Gasteiger partial charge in [-0.15, -0.1) is 18.2 Å². The highest BCUT2D eigenvalue weighted by atomic mass is 32.2. The molecular formula is C21H24N2O3S. The van der Waals surface area contributed by atoms with Crippen molar-refractivity contribution in [1.82, 2.24) is 10.6 Å². The summed E-state index contributed by atoms with van der Waals surface area (Å²) in [5.74, 6) is 4.55.